The second kappa shape index (κ2) is 12.8. The Bertz CT molecular complexity index is 3160. The molecule has 2 fully saturated rings. The lowest BCUT2D eigenvalue weighted by atomic mass is 9.67. The molecule has 8 aromatic rings. The molecule has 13 rings (SSSR count). The van der Waals surface area contributed by atoms with Gasteiger partial charge in [0.15, 0.2) is 0 Å². The molecule has 0 amide bonds. The summed E-state index contributed by atoms with van der Waals surface area (Å²) in [6.45, 7) is 9.57. The Balaban J connectivity index is 0.984. The number of hydrogen-bond acceptors (Lipinski definition) is 1. The Hall–Kier alpha value is -6.44. The van der Waals surface area contributed by atoms with Crippen molar-refractivity contribution < 1.29 is 0 Å². The topological polar surface area (TPSA) is 3.24 Å². The normalized spacial score (nSPS) is 21.0. The summed E-state index contributed by atoms with van der Waals surface area (Å²) < 4.78 is 0. The fraction of sp³-hybridized carbons (Fsp3) is 0.213. The number of hydrogen-bond donors (Lipinski definition) is 0. The lowest BCUT2D eigenvalue weighted by Gasteiger charge is -2.37. The van der Waals surface area contributed by atoms with E-state index >= 15 is 0 Å². The molecule has 0 aliphatic heterocycles. The van der Waals surface area contributed by atoms with Crippen molar-refractivity contribution >= 4 is 17.1 Å². The molecule has 1 spiro atoms. The number of nitrogens with zero attached hydrogens (tertiary/aromatic N) is 1. The zero-order chi connectivity index (χ0) is 41.5. The van der Waals surface area contributed by atoms with Crippen LogP contribution in [0.1, 0.15) is 86.8 Å². The first-order chi connectivity index (χ1) is 30.2. The molecule has 0 heterocycles. The van der Waals surface area contributed by atoms with Crippen LogP contribution in [0.4, 0.5) is 17.1 Å². The highest BCUT2D eigenvalue weighted by molar-refractivity contribution is 5.97. The van der Waals surface area contributed by atoms with Gasteiger partial charge in [-0.05, 0) is 145 Å². The van der Waals surface area contributed by atoms with Gasteiger partial charge in [-0.2, -0.15) is 0 Å². The van der Waals surface area contributed by atoms with E-state index in [1.54, 1.807) is 11.1 Å². The Kier molecular flexibility index (Phi) is 7.48. The second-order valence-electron chi connectivity index (χ2n) is 20.0. The molecule has 1 heteroatoms. The van der Waals surface area contributed by atoms with Gasteiger partial charge in [0.2, 0.25) is 0 Å². The molecule has 62 heavy (non-hydrogen) atoms. The van der Waals surface area contributed by atoms with Crippen LogP contribution in [0, 0.1) is 11.8 Å². The van der Waals surface area contributed by atoms with Crippen molar-refractivity contribution in [1.82, 2.24) is 0 Å². The molecule has 5 aliphatic rings. The van der Waals surface area contributed by atoms with E-state index in [9.17, 15) is 0 Å². The summed E-state index contributed by atoms with van der Waals surface area (Å²) in [5.74, 6) is 1.53. The first-order valence-electron chi connectivity index (χ1n) is 23.0. The van der Waals surface area contributed by atoms with E-state index in [1.807, 2.05) is 0 Å². The van der Waals surface area contributed by atoms with Gasteiger partial charge in [-0.3, -0.25) is 0 Å². The van der Waals surface area contributed by atoms with E-state index in [1.165, 1.54) is 121 Å². The smallest absolute Gasteiger partial charge is 0.0543 e. The second-order valence-corrected chi connectivity index (χ2v) is 20.0. The zero-order valence-electron chi connectivity index (χ0n) is 36.2. The van der Waals surface area contributed by atoms with Gasteiger partial charge in [-0.25, -0.2) is 0 Å². The summed E-state index contributed by atoms with van der Waals surface area (Å²) in [5.41, 5.74) is 25.7. The molecule has 300 valence electrons. The van der Waals surface area contributed by atoms with E-state index in [2.05, 4.69) is 209 Å². The Morgan fingerprint density at radius 3 is 1.68 bits per heavy atom. The van der Waals surface area contributed by atoms with Crippen molar-refractivity contribution in [2.75, 3.05) is 4.90 Å². The maximum atomic E-state index is 2.61. The average molecular weight is 798 g/mol. The number of anilines is 3. The minimum Gasteiger partial charge on any atom is -0.310 e. The zero-order valence-corrected chi connectivity index (χ0v) is 36.2. The number of benzene rings is 8. The van der Waals surface area contributed by atoms with Crippen molar-refractivity contribution in [3.8, 4) is 55.6 Å². The van der Waals surface area contributed by atoms with Gasteiger partial charge in [0.25, 0.3) is 0 Å². The molecule has 5 aliphatic carbocycles. The van der Waals surface area contributed by atoms with Crippen LogP contribution in [0.2, 0.25) is 0 Å². The molecule has 0 radical (unpaired) electrons. The molecule has 2 saturated carbocycles. The lowest BCUT2D eigenvalue weighted by molar-refractivity contribution is 0.327. The maximum absolute atomic E-state index is 2.61. The molecule has 3 unspecified atom stereocenters. The molecule has 0 aromatic heterocycles. The van der Waals surface area contributed by atoms with Crippen LogP contribution >= 0.6 is 0 Å². The van der Waals surface area contributed by atoms with Crippen molar-refractivity contribution in [2.24, 2.45) is 11.8 Å². The fourth-order valence-electron chi connectivity index (χ4n) is 13.7. The molecule has 2 bridgehead atoms. The summed E-state index contributed by atoms with van der Waals surface area (Å²) in [7, 11) is 0. The van der Waals surface area contributed by atoms with Gasteiger partial charge in [0, 0.05) is 33.2 Å². The fourth-order valence-corrected chi connectivity index (χ4v) is 13.7. The molecular formula is C61H51N. The van der Waals surface area contributed by atoms with Gasteiger partial charge in [0.05, 0.1) is 5.69 Å². The van der Waals surface area contributed by atoms with E-state index in [0.29, 0.717) is 5.92 Å². The molecule has 3 atom stereocenters. The standard InChI is InChI=1S/C61H51N/c1-59(2)52-23-11-9-19-50(52)57-54(59)25-14-26-56(57)62(42-33-34-47-45-17-8-12-24-53(45)61(55(47)36-42)37-38-27-30-40(61)35-38)41-31-28-39(29-32-41)43-15-5-6-16-44(43)48-20-13-21-49-46-18-7-10-22-51(46)60(3,4)58(48)49/h5-26,28-29,31-34,36,38,40H,27,30,35,37H2,1-4H3. The van der Waals surface area contributed by atoms with Gasteiger partial charge < -0.3 is 4.90 Å². The van der Waals surface area contributed by atoms with E-state index in [0.717, 1.165) is 5.92 Å². The van der Waals surface area contributed by atoms with E-state index < -0.39 is 0 Å². The van der Waals surface area contributed by atoms with Crippen LogP contribution in [0.5, 0.6) is 0 Å². The Morgan fingerprint density at radius 2 is 0.968 bits per heavy atom. The SMILES string of the molecule is CC1(C)c2ccccc2-c2c(N(c3ccc(-c4ccccc4-c4cccc5c4C(C)(C)c4ccccc4-5)cc3)c3ccc4c(c3)C3(CC5CCC3C5)c3ccccc3-4)cccc21. The van der Waals surface area contributed by atoms with Crippen molar-refractivity contribution in [1.29, 1.82) is 0 Å². The molecule has 8 aromatic carbocycles. The highest BCUT2D eigenvalue weighted by atomic mass is 15.1. The van der Waals surface area contributed by atoms with E-state index in [-0.39, 0.29) is 16.2 Å². The third-order valence-corrected chi connectivity index (χ3v) is 16.3. The molecule has 0 N–H and O–H groups in total. The third-order valence-electron chi connectivity index (χ3n) is 16.3. The average Bonchev–Trinajstić information content (AvgIpc) is 4.10. The summed E-state index contributed by atoms with van der Waals surface area (Å²) in [6, 6.07) is 67.4. The van der Waals surface area contributed by atoms with Crippen molar-refractivity contribution in [3.63, 3.8) is 0 Å². The van der Waals surface area contributed by atoms with Crippen LogP contribution in [-0.4, -0.2) is 0 Å². The Morgan fingerprint density at radius 1 is 0.419 bits per heavy atom. The van der Waals surface area contributed by atoms with E-state index in [4.69, 9.17) is 0 Å². The summed E-state index contributed by atoms with van der Waals surface area (Å²) in [5, 5.41) is 0. The quantitative estimate of drug-likeness (QED) is 0.168. The summed E-state index contributed by atoms with van der Waals surface area (Å²) in [6.07, 6.45) is 5.35. The Labute approximate surface area is 366 Å². The molecule has 0 saturated heterocycles. The van der Waals surface area contributed by atoms with Crippen LogP contribution in [-0.2, 0) is 16.2 Å². The number of rotatable bonds is 5. The predicted molar refractivity (Wildman–Crippen MR) is 259 cm³/mol. The highest BCUT2D eigenvalue weighted by Gasteiger charge is 2.57. The largest absolute Gasteiger partial charge is 0.310 e. The van der Waals surface area contributed by atoms with Crippen molar-refractivity contribution in [2.45, 2.75) is 69.6 Å². The molecular weight excluding hydrogens is 747 g/mol. The summed E-state index contributed by atoms with van der Waals surface area (Å²) in [4.78, 5) is 2.58. The van der Waals surface area contributed by atoms with Crippen LogP contribution < -0.4 is 4.90 Å². The lowest BCUT2D eigenvalue weighted by Crippen LogP contribution is -2.32. The summed E-state index contributed by atoms with van der Waals surface area (Å²) >= 11 is 0. The maximum Gasteiger partial charge on any atom is 0.0543 e. The third kappa shape index (κ3) is 4.75. The van der Waals surface area contributed by atoms with Gasteiger partial charge in [0.1, 0.15) is 0 Å². The first-order valence-corrected chi connectivity index (χ1v) is 23.0. The molecule has 1 nitrogen and oxygen atoms in total. The van der Waals surface area contributed by atoms with Crippen molar-refractivity contribution in [3.05, 3.63) is 209 Å². The predicted octanol–water partition coefficient (Wildman–Crippen LogP) is 16.2. The first kappa shape index (κ1) is 36.2. The minimum absolute atomic E-state index is 0.0958. The highest BCUT2D eigenvalue weighted by Crippen LogP contribution is 2.66. The number of fused-ring (bicyclic) bond motifs is 14. The monoisotopic (exact) mass is 797 g/mol. The van der Waals surface area contributed by atoms with Crippen LogP contribution in [0.3, 0.4) is 0 Å². The minimum atomic E-state index is -0.100. The van der Waals surface area contributed by atoms with Crippen LogP contribution in [0.25, 0.3) is 55.6 Å². The van der Waals surface area contributed by atoms with Crippen LogP contribution in [0.15, 0.2) is 176 Å². The van der Waals surface area contributed by atoms with Gasteiger partial charge in [-0.1, -0.05) is 180 Å². The van der Waals surface area contributed by atoms with Gasteiger partial charge >= 0.3 is 0 Å². The van der Waals surface area contributed by atoms with Gasteiger partial charge in [-0.15, -0.1) is 0 Å².